The fourth-order valence-electron chi connectivity index (χ4n) is 2.87. The number of nitrogens with one attached hydrogen (secondary N) is 1. The van der Waals surface area contributed by atoms with E-state index in [0.717, 1.165) is 18.4 Å². The lowest BCUT2D eigenvalue weighted by molar-refractivity contribution is 0.0196. The minimum absolute atomic E-state index is 0.0420. The van der Waals surface area contributed by atoms with Crippen LogP contribution in [-0.2, 0) is 4.74 Å². The van der Waals surface area contributed by atoms with E-state index in [9.17, 15) is 4.79 Å². The van der Waals surface area contributed by atoms with Crippen LogP contribution in [-0.4, -0.2) is 35.7 Å². The van der Waals surface area contributed by atoms with Gasteiger partial charge >= 0.3 is 6.09 Å². The highest BCUT2D eigenvalue weighted by Gasteiger charge is 2.27. The van der Waals surface area contributed by atoms with E-state index >= 15 is 0 Å². The number of piperidine rings is 1. The summed E-state index contributed by atoms with van der Waals surface area (Å²) >= 11 is 18.4. The van der Waals surface area contributed by atoms with Crippen LogP contribution in [0.25, 0.3) is 0 Å². The highest BCUT2D eigenvalue weighted by atomic mass is 35.5. The van der Waals surface area contributed by atoms with Crippen molar-refractivity contribution in [3.8, 4) is 0 Å². The summed E-state index contributed by atoms with van der Waals surface area (Å²) in [6.45, 7) is 9.03. The van der Waals surface area contributed by atoms with Crippen molar-refractivity contribution in [3.05, 3.63) is 32.8 Å². The molecule has 0 saturated carbocycles. The van der Waals surface area contributed by atoms with Gasteiger partial charge in [-0.05, 0) is 52.2 Å². The van der Waals surface area contributed by atoms with Crippen LogP contribution in [0.15, 0.2) is 12.1 Å². The van der Waals surface area contributed by atoms with Gasteiger partial charge in [-0.3, -0.25) is 0 Å². The van der Waals surface area contributed by atoms with Gasteiger partial charge < -0.3 is 15.0 Å². The molecule has 4 nitrogen and oxygen atoms in total. The second-order valence-electron chi connectivity index (χ2n) is 7.39. The van der Waals surface area contributed by atoms with E-state index in [1.54, 1.807) is 11.0 Å². The van der Waals surface area contributed by atoms with Crippen LogP contribution in [0.4, 0.5) is 4.79 Å². The average molecular weight is 408 g/mol. The van der Waals surface area contributed by atoms with Crippen LogP contribution in [0, 0.1) is 0 Å². The van der Waals surface area contributed by atoms with Gasteiger partial charge in [-0.15, -0.1) is 0 Å². The van der Waals surface area contributed by atoms with Crippen molar-refractivity contribution in [2.45, 2.75) is 58.2 Å². The number of carbonyl (C=O) groups is 1. The number of carbonyl (C=O) groups excluding carboxylic acids is 1. The zero-order chi connectivity index (χ0) is 18.8. The Morgan fingerprint density at radius 2 is 1.80 bits per heavy atom. The molecule has 1 unspecified atom stereocenters. The summed E-state index contributed by atoms with van der Waals surface area (Å²) in [6, 6.07) is 4.00. The summed E-state index contributed by atoms with van der Waals surface area (Å²) in [5.41, 5.74) is 0.455. The molecule has 0 bridgehead atoms. The van der Waals surface area contributed by atoms with E-state index in [1.807, 2.05) is 33.8 Å². The Balaban J connectivity index is 1.90. The Bertz CT molecular complexity index is 623. The summed E-state index contributed by atoms with van der Waals surface area (Å²) in [5.74, 6) is 0. The molecule has 1 N–H and O–H groups in total. The molecule has 25 heavy (non-hydrogen) atoms. The molecule has 1 aliphatic rings. The predicted molar refractivity (Wildman–Crippen MR) is 104 cm³/mol. The molecule has 1 heterocycles. The molecule has 1 saturated heterocycles. The van der Waals surface area contributed by atoms with Crippen LogP contribution >= 0.6 is 34.8 Å². The maximum Gasteiger partial charge on any atom is 0.410 e. The summed E-state index contributed by atoms with van der Waals surface area (Å²) in [5, 5.41) is 4.89. The largest absolute Gasteiger partial charge is 0.444 e. The number of hydrogen-bond acceptors (Lipinski definition) is 3. The van der Waals surface area contributed by atoms with Crippen molar-refractivity contribution < 1.29 is 9.53 Å². The molecule has 0 aromatic heterocycles. The first-order valence-corrected chi connectivity index (χ1v) is 9.59. The summed E-state index contributed by atoms with van der Waals surface area (Å²) < 4.78 is 5.42. The Hall–Kier alpha value is -0.680. The third kappa shape index (κ3) is 5.65. The molecular formula is C18H25Cl3N2O2. The molecule has 7 heteroatoms. The number of halogens is 3. The van der Waals surface area contributed by atoms with Gasteiger partial charge in [0.1, 0.15) is 5.60 Å². The quantitative estimate of drug-likeness (QED) is 0.654. The summed E-state index contributed by atoms with van der Waals surface area (Å²) in [4.78, 5) is 13.9. The molecule has 1 aliphatic heterocycles. The maximum absolute atomic E-state index is 12.1. The van der Waals surface area contributed by atoms with Gasteiger partial charge in [-0.2, -0.15) is 0 Å². The van der Waals surface area contributed by atoms with E-state index < -0.39 is 5.60 Å². The third-order valence-corrected chi connectivity index (χ3v) is 5.47. The second-order valence-corrected chi connectivity index (χ2v) is 8.56. The third-order valence-electron chi connectivity index (χ3n) is 4.16. The van der Waals surface area contributed by atoms with E-state index in [0.29, 0.717) is 34.2 Å². The van der Waals surface area contributed by atoms with Gasteiger partial charge in [0.25, 0.3) is 0 Å². The van der Waals surface area contributed by atoms with Crippen molar-refractivity contribution in [1.29, 1.82) is 0 Å². The zero-order valence-corrected chi connectivity index (χ0v) is 17.3. The number of rotatable bonds is 3. The number of ether oxygens (including phenoxy) is 1. The van der Waals surface area contributed by atoms with Gasteiger partial charge in [0, 0.05) is 25.2 Å². The van der Waals surface area contributed by atoms with Crippen LogP contribution in [0.5, 0.6) is 0 Å². The normalized spacial score (nSPS) is 17.5. The lowest BCUT2D eigenvalue weighted by Gasteiger charge is -2.35. The first kappa shape index (κ1) is 20.6. The maximum atomic E-state index is 12.1. The van der Waals surface area contributed by atoms with Crippen LogP contribution in [0.1, 0.15) is 52.1 Å². The lowest BCUT2D eigenvalue weighted by atomic mass is 10.0. The fraction of sp³-hybridized carbons (Fsp3) is 0.611. The number of hydrogen-bond donors (Lipinski definition) is 1. The summed E-state index contributed by atoms with van der Waals surface area (Å²) in [7, 11) is 0. The standard InChI is InChI=1S/C18H25Cl3N2O2/c1-11(13-5-6-14(19)16(21)15(13)20)22-12-7-9-23(10-8-12)17(24)25-18(2,3)4/h5-6,11-12,22H,7-10H2,1-4H3. The number of nitrogens with zero attached hydrogens (tertiary/aromatic N) is 1. The van der Waals surface area contributed by atoms with E-state index in [-0.39, 0.29) is 12.1 Å². The van der Waals surface area contributed by atoms with Crippen LogP contribution < -0.4 is 5.32 Å². The highest BCUT2D eigenvalue weighted by molar-refractivity contribution is 6.48. The highest BCUT2D eigenvalue weighted by Crippen LogP contribution is 2.35. The number of amides is 1. The Labute approximate surface area is 164 Å². The first-order valence-electron chi connectivity index (χ1n) is 8.46. The monoisotopic (exact) mass is 406 g/mol. The first-order chi connectivity index (χ1) is 11.6. The van der Waals surface area contributed by atoms with E-state index in [2.05, 4.69) is 5.32 Å². The van der Waals surface area contributed by atoms with Gasteiger partial charge in [-0.1, -0.05) is 40.9 Å². The summed E-state index contributed by atoms with van der Waals surface area (Å²) in [6.07, 6.45) is 1.48. The molecule has 1 atom stereocenters. The zero-order valence-electron chi connectivity index (χ0n) is 15.0. The van der Waals surface area contributed by atoms with Gasteiger partial charge in [0.15, 0.2) is 0 Å². The Morgan fingerprint density at radius 1 is 1.20 bits per heavy atom. The smallest absolute Gasteiger partial charge is 0.410 e. The van der Waals surface area contributed by atoms with Crippen LogP contribution in [0.3, 0.4) is 0 Å². The van der Waals surface area contributed by atoms with Crippen molar-refractivity contribution in [2.75, 3.05) is 13.1 Å². The molecule has 0 spiro atoms. The molecular weight excluding hydrogens is 383 g/mol. The van der Waals surface area contributed by atoms with Crippen molar-refractivity contribution >= 4 is 40.9 Å². The van der Waals surface area contributed by atoms with Gasteiger partial charge in [0.2, 0.25) is 0 Å². The second kappa shape index (κ2) is 8.34. The number of likely N-dealkylation sites (tertiary alicyclic amines) is 1. The van der Waals surface area contributed by atoms with Crippen molar-refractivity contribution in [2.24, 2.45) is 0 Å². The topological polar surface area (TPSA) is 41.6 Å². The van der Waals surface area contributed by atoms with E-state index in [1.165, 1.54) is 0 Å². The lowest BCUT2D eigenvalue weighted by Crippen LogP contribution is -2.47. The average Bonchev–Trinajstić information content (AvgIpc) is 2.51. The SMILES string of the molecule is CC(NC1CCN(C(=O)OC(C)(C)C)CC1)c1ccc(Cl)c(Cl)c1Cl. The van der Waals surface area contributed by atoms with Crippen molar-refractivity contribution in [1.82, 2.24) is 10.2 Å². The molecule has 0 aliphatic carbocycles. The minimum atomic E-state index is -0.467. The van der Waals surface area contributed by atoms with Crippen molar-refractivity contribution in [3.63, 3.8) is 0 Å². The Kier molecular flexibility index (Phi) is 6.88. The molecule has 1 aromatic carbocycles. The molecule has 1 fully saturated rings. The number of benzene rings is 1. The fourth-order valence-corrected chi connectivity index (χ4v) is 3.58. The molecule has 0 radical (unpaired) electrons. The molecule has 1 aromatic rings. The Morgan fingerprint density at radius 3 is 2.36 bits per heavy atom. The molecule has 140 valence electrons. The van der Waals surface area contributed by atoms with Gasteiger partial charge in [-0.25, -0.2) is 4.79 Å². The molecule has 1 amide bonds. The minimum Gasteiger partial charge on any atom is -0.444 e. The van der Waals surface area contributed by atoms with E-state index in [4.69, 9.17) is 39.5 Å². The van der Waals surface area contributed by atoms with Crippen LogP contribution in [0.2, 0.25) is 15.1 Å². The van der Waals surface area contributed by atoms with Gasteiger partial charge in [0.05, 0.1) is 15.1 Å². The predicted octanol–water partition coefficient (Wildman–Crippen LogP) is 5.70. The molecule has 2 rings (SSSR count).